The number of carbonyl (C=O) groups is 1. The molecule has 1 amide bonds. The maximum Gasteiger partial charge on any atom is 0.263 e. The van der Waals surface area contributed by atoms with Crippen molar-refractivity contribution in [2.45, 2.75) is 19.9 Å². The van der Waals surface area contributed by atoms with Gasteiger partial charge in [0, 0.05) is 25.2 Å². The van der Waals surface area contributed by atoms with E-state index in [1.54, 1.807) is 0 Å². The first-order chi connectivity index (χ1) is 14.1. The normalized spacial score (nSPS) is 15.9. The maximum absolute atomic E-state index is 12.9. The molecular formula is C22H25N3O3S. The monoisotopic (exact) mass is 411 g/mol. The second-order valence-electron chi connectivity index (χ2n) is 7.12. The summed E-state index contributed by atoms with van der Waals surface area (Å²) in [5.41, 5.74) is 1.78. The Morgan fingerprint density at radius 3 is 2.62 bits per heavy atom. The van der Waals surface area contributed by atoms with Crippen LogP contribution in [0.25, 0.3) is 10.6 Å². The van der Waals surface area contributed by atoms with Gasteiger partial charge in [0.2, 0.25) is 0 Å². The molecular weight excluding hydrogens is 386 g/mol. The van der Waals surface area contributed by atoms with E-state index in [1.165, 1.54) is 11.3 Å². The van der Waals surface area contributed by atoms with Gasteiger partial charge in [0.1, 0.15) is 21.4 Å². The number of nitrogens with zero attached hydrogens (tertiary/aromatic N) is 2. The fraction of sp³-hybridized carbons (Fsp3) is 0.364. The molecule has 3 aromatic rings. The molecule has 1 atom stereocenters. The third-order valence-electron chi connectivity index (χ3n) is 5.06. The zero-order chi connectivity index (χ0) is 20.2. The molecule has 1 N–H and O–H groups in total. The zero-order valence-corrected chi connectivity index (χ0v) is 17.5. The lowest BCUT2D eigenvalue weighted by atomic mass is 10.1. The molecule has 2 aromatic heterocycles. The summed E-state index contributed by atoms with van der Waals surface area (Å²) in [5, 5.41) is 3.96. The van der Waals surface area contributed by atoms with Gasteiger partial charge in [0.25, 0.3) is 5.91 Å². The number of benzene rings is 1. The SMILES string of the molecule is Cc1ccc(C(CNC(=O)c2sc(-c3ccccc3)nc2C)N2CCOCC2)o1. The number of amides is 1. The first-order valence-electron chi connectivity index (χ1n) is 9.81. The van der Waals surface area contributed by atoms with Crippen LogP contribution in [-0.2, 0) is 4.74 Å². The van der Waals surface area contributed by atoms with Crippen molar-refractivity contribution in [1.29, 1.82) is 0 Å². The minimum absolute atomic E-state index is 0.0154. The van der Waals surface area contributed by atoms with Crippen molar-refractivity contribution in [1.82, 2.24) is 15.2 Å². The largest absolute Gasteiger partial charge is 0.465 e. The van der Waals surface area contributed by atoms with Crippen molar-refractivity contribution in [2.24, 2.45) is 0 Å². The Morgan fingerprint density at radius 2 is 1.93 bits per heavy atom. The van der Waals surface area contributed by atoms with Crippen molar-refractivity contribution in [3.8, 4) is 10.6 Å². The van der Waals surface area contributed by atoms with Gasteiger partial charge >= 0.3 is 0 Å². The Balaban J connectivity index is 1.49. The van der Waals surface area contributed by atoms with Gasteiger partial charge in [-0.1, -0.05) is 30.3 Å². The number of hydrogen-bond donors (Lipinski definition) is 1. The lowest BCUT2D eigenvalue weighted by Crippen LogP contribution is -2.43. The molecule has 4 rings (SSSR count). The summed E-state index contributed by atoms with van der Waals surface area (Å²) in [5.74, 6) is 1.65. The molecule has 0 spiro atoms. The standard InChI is InChI=1S/C22H25N3O3S/c1-15-8-9-19(28-15)18(25-10-12-27-13-11-25)14-23-21(26)20-16(2)24-22(29-20)17-6-4-3-5-7-17/h3-9,18H,10-14H2,1-2H3,(H,23,26). The molecule has 1 fully saturated rings. The molecule has 1 saturated heterocycles. The summed E-state index contributed by atoms with van der Waals surface area (Å²) < 4.78 is 11.4. The molecule has 1 aliphatic heterocycles. The Labute approximate surface area is 174 Å². The Kier molecular flexibility index (Phi) is 6.08. The van der Waals surface area contributed by atoms with Gasteiger partial charge in [0.15, 0.2) is 0 Å². The highest BCUT2D eigenvalue weighted by atomic mass is 32.1. The van der Waals surface area contributed by atoms with Crippen molar-refractivity contribution in [2.75, 3.05) is 32.8 Å². The zero-order valence-electron chi connectivity index (χ0n) is 16.7. The molecule has 1 aromatic carbocycles. The van der Waals surface area contributed by atoms with Crippen LogP contribution in [0.5, 0.6) is 0 Å². The van der Waals surface area contributed by atoms with Crippen molar-refractivity contribution in [3.05, 3.63) is 64.6 Å². The van der Waals surface area contributed by atoms with Gasteiger partial charge in [-0.25, -0.2) is 4.98 Å². The summed E-state index contributed by atoms with van der Waals surface area (Å²) in [4.78, 5) is 20.5. The third-order valence-corrected chi connectivity index (χ3v) is 6.26. The quantitative estimate of drug-likeness (QED) is 0.668. The number of ether oxygens (including phenoxy) is 1. The summed E-state index contributed by atoms with van der Waals surface area (Å²) >= 11 is 1.43. The van der Waals surface area contributed by atoms with Crippen molar-refractivity contribution < 1.29 is 13.9 Å². The van der Waals surface area contributed by atoms with Crippen LogP contribution >= 0.6 is 11.3 Å². The highest BCUT2D eigenvalue weighted by Crippen LogP contribution is 2.28. The second kappa shape index (κ2) is 8.90. The third kappa shape index (κ3) is 4.58. The predicted molar refractivity (Wildman–Crippen MR) is 113 cm³/mol. The predicted octanol–water partition coefficient (Wildman–Crippen LogP) is 3.82. The molecule has 1 aliphatic rings. The van der Waals surface area contributed by atoms with Crippen LogP contribution in [0.4, 0.5) is 0 Å². The number of nitrogens with one attached hydrogen (secondary N) is 1. The molecule has 0 aliphatic carbocycles. The molecule has 0 bridgehead atoms. The first-order valence-corrected chi connectivity index (χ1v) is 10.6. The summed E-state index contributed by atoms with van der Waals surface area (Å²) in [6.45, 7) is 7.31. The summed E-state index contributed by atoms with van der Waals surface area (Å²) in [6.07, 6.45) is 0. The minimum Gasteiger partial charge on any atom is -0.465 e. The molecule has 3 heterocycles. The van der Waals surface area contributed by atoms with E-state index in [9.17, 15) is 4.79 Å². The number of thiazole rings is 1. The second-order valence-corrected chi connectivity index (χ2v) is 8.12. The van der Waals surface area contributed by atoms with E-state index >= 15 is 0 Å². The van der Waals surface area contributed by atoms with E-state index in [2.05, 4.69) is 15.2 Å². The topological polar surface area (TPSA) is 67.6 Å². The number of aromatic nitrogens is 1. The van der Waals surface area contributed by atoms with Crippen molar-refractivity contribution >= 4 is 17.2 Å². The number of carbonyl (C=O) groups excluding carboxylic acids is 1. The molecule has 0 radical (unpaired) electrons. The van der Waals surface area contributed by atoms with Gasteiger partial charge < -0.3 is 14.5 Å². The number of morpholine rings is 1. The molecule has 152 valence electrons. The average Bonchev–Trinajstić information content (AvgIpc) is 3.35. The van der Waals surface area contributed by atoms with E-state index in [1.807, 2.05) is 56.3 Å². The van der Waals surface area contributed by atoms with Gasteiger partial charge in [-0.3, -0.25) is 9.69 Å². The van der Waals surface area contributed by atoms with E-state index in [4.69, 9.17) is 9.15 Å². The highest BCUT2D eigenvalue weighted by molar-refractivity contribution is 7.17. The smallest absolute Gasteiger partial charge is 0.263 e. The van der Waals surface area contributed by atoms with E-state index in [0.717, 1.165) is 40.9 Å². The fourth-order valence-corrected chi connectivity index (χ4v) is 4.50. The van der Waals surface area contributed by atoms with Crippen LogP contribution < -0.4 is 5.32 Å². The fourth-order valence-electron chi connectivity index (χ4n) is 3.51. The number of rotatable bonds is 6. The molecule has 6 nitrogen and oxygen atoms in total. The Morgan fingerprint density at radius 1 is 1.17 bits per heavy atom. The van der Waals surface area contributed by atoms with Crippen LogP contribution in [0.1, 0.15) is 32.9 Å². The van der Waals surface area contributed by atoms with Crippen molar-refractivity contribution in [3.63, 3.8) is 0 Å². The summed E-state index contributed by atoms with van der Waals surface area (Å²) in [7, 11) is 0. The van der Waals surface area contributed by atoms with Gasteiger partial charge in [0.05, 0.1) is 24.9 Å². The maximum atomic E-state index is 12.9. The molecule has 7 heteroatoms. The van der Waals surface area contributed by atoms with Crippen LogP contribution in [0, 0.1) is 13.8 Å². The first kappa shape index (κ1) is 19.8. The molecule has 1 unspecified atom stereocenters. The van der Waals surface area contributed by atoms with Crippen LogP contribution in [0.3, 0.4) is 0 Å². The van der Waals surface area contributed by atoms with Crippen LogP contribution in [-0.4, -0.2) is 48.6 Å². The summed E-state index contributed by atoms with van der Waals surface area (Å²) in [6, 6.07) is 13.9. The van der Waals surface area contributed by atoms with Gasteiger partial charge in [-0.2, -0.15) is 0 Å². The van der Waals surface area contributed by atoms with Gasteiger partial charge in [-0.05, 0) is 26.0 Å². The minimum atomic E-state index is -0.0938. The van der Waals surface area contributed by atoms with Crippen LogP contribution in [0.2, 0.25) is 0 Å². The van der Waals surface area contributed by atoms with E-state index < -0.39 is 0 Å². The lowest BCUT2D eigenvalue weighted by molar-refractivity contribution is 0.0117. The van der Waals surface area contributed by atoms with E-state index in [-0.39, 0.29) is 11.9 Å². The lowest BCUT2D eigenvalue weighted by Gasteiger charge is -2.33. The Hall–Kier alpha value is -2.48. The Bertz CT molecular complexity index is 961. The van der Waals surface area contributed by atoms with Gasteiger partial charge in [-0.15, -0.1) is 11.3 Å². The molecule has 29 heavy (non-hydrogen) atoms. The number of hydrogen-bond acceptors (Lipinski definition) is 6. The van der Waals surface area contributed by atoms with Crippen LogP contribution in [0.15, 0.2) is 46.9 Å². The number of furan rings is 1. The highest BCUT2D eigenvalue weighted by Gasteiger charge is 2.26. The van der Waals surface area contributed by atoms with E-state index in [0.29, 0.717) is 24.6 Å². The number of aryl methyl sites for hydroxylation is 2. The average molecular weight is 412 g/mol. The molecule has 0 saturated carbocycles.